The van der Waals surface area contributed by atoms with Crippen LogP contribution in [0.5, 0.6) is 0 Å². The molecule has 1 aliphatic carbocycles. The van der Waals surface area contributed by atoms with E-state index in [0.717, 1.165) is 76.4 Å². The topological polar surface area (TPSA) is 141 Å². The highest BCUT2D eigenvalue weighted by Crippen LogP contribution is 2.43. The lowest BCUT2D eigenvalue weighted by Crippen LogP contribution is -2.47. The van der Waals surface area contributed by atoms with Crippen LogP contribution in [-0.4, -0.2) is 110 Å². The van der Waals surface area contributed by atoms with Gasteiger partial charge in [0.15, 0.2) is 17.3 Å². The van der Waals surface area contributed by atoms with Gasteiger partial charge in [-0.1, -0.05) is 11.6 Å². The Labute approximate surface area is 279 Å². The molecule has 4 aromatic heterocycles. The lowest BCUT2D eigenvalue weighted by Gasteiger charge is -2.44. The SMILES string of the molecule is COCC1(CN(C)c2cc(-c3cc(F)cc(C(F)(F)F)c3)nc3nc(-c4cnc(N5CCN(CCc6nn[nH]n6)CC5)cn4)[nH]c23)CCC1. The number of nitrogens with one attached hydrogen (secondary N) is 2. The molecule has 1 aromatic carbocycles. The molecule has 5 heterocycles. The van der Waals surface area contributed by atoms with E-state index >= 15 is 0 Å². The van der Waals surface area contributed by atoms with Gasteiger partial charge in [-0.25, -0.2) is 24.3 Å². The van der Waals surface area contributed by atoms with Crippen molar-refractivity contribution in [3.05, 3.63) is 53.9 Å². The van der Waals surface area contributed by atoms with Crippen molar-refractivity contribution < 1.29 is 22.3 Å². The maximum Gasteiger partial charge on any atom is 0.416 e. The summed E-state index contributed by atoms with van der Waals surface area (Å²) in [5, 5.41) is 14.1. The number of anilines is 2. The van der Waals surface area contributed by atoms with E-state index in [-0.39, 0.29) is 22.3 Å². The number of hydrogen-bond acceptors (Lipinski definition) is 11. The van der Waals surface area contributed by atoms with Crippen LogP contribution in [0.25, 0.3) is 33.9 Å². The molecule has 2 N–H and O–H groups in total. The lowest BCUT2D eigenvalue weighted by molar-refractivity contribution is -0.137. The van der Waals surface area contributed by atoms with E-state index < -0.39 is 17.6 Å². The van der Waals surface area contributed by atoms with Gasteiger partial charge in [0.05, 0.1) is 35.9 Å². The smallest absolute Gasteiger partial charge is 0.384 e. The van der Waals surface area contributed by atoms with Gasteiger partial charge < -0.3 is 19.5 Å². The number of ether oxygens (including phenoxy) is 1. The first-order valence-electron chi connectivity index (χ1n) is 16.1. The average Bonchev–Trinajstić information content (AvgIpc) is 3.76. The van der Waals surface area contributed by atoms with Crippen LogP contribution in [0, 0.1) is 11.2 Å². The van der Waals surface area contributed by atoms with E-state index in [9.17, 15) is 17.6 Å². The van der Waals surface area contributed by atoms with Crippen molar-refractivity contribution in [2.24, 2.45) is 5.41 Å². The van der Waals surface area contributed by atoms with Gasteiger partial charge in [-0.15, -0.1) is 10.2 Å². The van der Waals surface area contributed by atoms with E-state index in [0.29, 0.717) is 47.8 Å². The summed E-state index contributed by atoms with van der Waals surface area (Å²) in [7, 11) is 3.60. The summed E-state index contributed by atoms with van der Waals surface area (Å²) in [6.45, 7) is 5.36. The standard InChI is InChI=1S/C32H36F4N12O/c1-46(18-31(19-49-2)5-3-6-31)25-15-23(20-12-21(32(34,35)36)14-22(33)13-20)39-30-28(25)40-29(41-30)24-16-38-27(17-37-24)48-10-8-47(9-11-48)7-4-26-42-44-45-43-26/h12-17H,3-11,18-19H2,1-2H3,(H,39,40,41)(H,42,43,44,45). The molecule has 17 heteroatoms. The lowest BCUT2D eigenvalue weighted by atomic mass is 9.69. The molecule has 1 aliphatic heterocycles. The van der Waals surface area contributed by atoms with E-state index in [2.05, 4.69) is 50.4 Å². The first-order valence-corrected chi connectivity index (χ1v) is 16.1. The molecule has 1 saturated carbocycles. The maximum absolute atomic E-state index is 14.5. The van der Waals surface area contributed by atoms with Crippen molar-refractivity contribution in [2.45, 2.75) is 31.9 Å². The van der Waals surface area contributed by atoms with Crippen LogP contribution >= 0.6 is 0 Å². The fraction of sp³-hybridized carbons (Fsp3) is 0.469. The molecule has 49 heavy (non-hydrogen) atoms. The van der Waals surface area contributed by atoms with Crippen molar-refractivity contribution >= 4 is 22.7 Å². The Morgan fingerprint density at radius 3 is 2.47 bits per heavy atom. The molecule has 7 rings (SSSR count). The summed E-state index contributed by atoms with van der Waals surface area (Å²) in [6.07, 6.45) is 2.45. The zero-order valence-electron chi connectivity index (χ0n) is 27.1. The van der Waals surface area contributed by atoms with E-state index in [1.807, 2.05) is 11.9 Å². The van der Waals surface area contributed by atoms with Crippen molar-refractivity contribution in [1.29, 1.82) is 0 Å². The number of nitrogens with zero attached hydrogens (tertiary/aromatic N) is 10. The predicted molar refractivity (Wildman–Crippen MR) is 173 cm³/mol. The average molecular weight is 681 g/mol. The van der Waals surface area contributed by atoms with E-state index in [4.69, 9.17) is 9.72 Å². The molecule has 13 nitrogen and oxygen atoms in total. The second-order valence-electron chi connectivity index (χ2n) is 12.8. The van der Waals surface area contributed by atoms with Crippen LogP contribution in [0.4, 0.5) is 29.1 Å². The van der Waals surface area contributed by atoms with Gasteiger partial charge in [0.25, 0.3) is 0 Å². The second-order valence-corrected chi connectivity index (χ2v) is 12.8. The number of halogens is 4. The highest BCUT2D eigenvalue weighted by Gasteiger charge is 2.38. The Hall–Kier alpha value is -4.77. The molecule has 258 valence electrons. The summed E-state index contributed by atoms with van der Waals surface area (Å²) in [4.78, 5) is 28.5. The molecular formula is C32H36F4N12O. The fourth-order valence-electron chi connectivity index (χ4n) is 6.72. The molecule has 0 unspecified atom stereocenters. The van der Waals surface area contributed by atoms with Crippen LogP contribution < -0.4 is 9.80 Å². The number of hydrogen-bond donors (Lipinski definition) is 2. The third kappa shape index (κ3) is 7.03. The quantitative estimate of drug-likeness (QED) is 0.192. The highest BCUT2D eigenvalue weighted by molar-refractivity contribution is 5.91. The molecule has 2 aliphatic rings. The molecule has 0 bridgehead atoms. The molecule has 5 aromatic rings. The number of methoxy groups -OCH3 is 1. The molecular weight excluding hydrogens is 644 g/mol. The number of piperazine rings is 1. The Kier molecular flexibility index (Phi) is 8.87. The predicted octanol–water partition coefficient (Wildman–Crippen LogP) is 4.37. The van der Waals surface area contributed by atoms with Crippen LogP contribution in [0.2, 0.25) is 0 Å². The number of imidazole rings is 1. The number of pyridine rings is 1. The van der Waals surface area contributed by atoms with E-state index in [1.54, 1.807) is 25.6 Å². The van der Waals surface area contributed by atoms with Crippen LogP contribution in [0.15, 0.2) is 36.7 Å². The summed E-state index contributed by atoms with van der Waals surface area (Å²) >= 11 is 0. The molecule has 0 spiro atoms. The third-order valence-electron chi connectivity index (χ3n) is 9.43. The van der Waals surface area contributed by atoms with Gasteiger partial charge in [0.1, 0.15) is 22.8 Å². The minimum Gasteiger partial charge on any atom is -0.384 e. The number of benzene rings is 1. The number of H-pyrrole nitrogens is 2. The molecule has 0 amide bonds. The Balaban J connectivity index is 1.16. The van der Waals surface area contributed by atoms with Gasteiger partial charge in [-0.2, -0.15) is 18.4 Å². The van der Waals surface area contributed by atoms with Gasteiger partial charge in [-0.3, -0.25) is 4.90 Å². The van der Waals surface area contributed by atoms with Gasteiger partial charge in [-0.05, 0) is 37.1 Å². The largest absolute Gasteiger partial charge is 0.416 e. The Bertz CT molecular complexity index is 1880. The second kappa shape index (κ2) is 13.3. The zero-order valence-corrected chi connectivity index (χ0v) is 27.1. The molecule has 2 fully saturated rings. The molecule has 0 radical (unpaired) electrons. The first kappa shape index (κ1) is 32.8. The first-order chi connectivity index (χ1) is 23.6. The van der Waals surface area contributed by atoms with Crippen LogP contribution in [0.3, 0.4) is 0 Å². The van der Waals surface area contributed by atoms with Crippen molar-refractivity contribution in [3.8, 4) is 22.8 Å². The number of rotatable bonds is 11. The van der Waals surface area contributed by atoms with Crippen molar-refractivity contribution in [1.82, 2.24) is 50.4 Å². The summed E-state index contributed by atoms with van der Waals surface area (Å²) in [6, 6.07) is 4.12. The van der Waals surface area contributed by atoms with Crippen LogP contribution in [0.1, 0.15) is 30.7 Å². The number of tetrazole rings is 1. The van der Waals surface area contributed by atoms with E-state index in [1.165, 1.54) is 0 Å². The number of aromatic nitrogens is 9. The Morgan fingerprint density at radius 2 is 1.82 bits per heavy atom. The summed E-state index contributed by atoms with van der Waals surface area (Å²) < 4.78 is 60.8. The van der Waals surface area contributed by atoms with Gasteiger partial charge in [0.2, 0.25) is 0 Å². The summed E-state index contributed by atoms with van der Waals surface area (Å²) in [5.74, 6) is 0.843. The third-order valence-corrected chi connectivity index (χ3v) is 9.43. The number of aromatic amines is 2. The zero-order chi connectivity index (χ0) is 34.2. The Morgan fingerprint density at radius 1 is 1.00 bits per heavy atom. The summed E-state index contributed by atoms with van der Waals surface area (Å²) in [5.41, 5.74) is 1.04. The number of alkyl halides is 3. The highest BCUT2D eigenvalue weighted by atomic mass is 19.4. The number of fused-ring (bicyclic) bond motifs is 1. The minimum atomic E-state index is -4.72. The monoisotopic (exact) mass is 680 g/mol. The van der Waals surface area contributed by atoms with Crippen molar-refractivity contribution in [3.63, 3.8) is 0 Å². The fourth-order valence-corrected chi connectivity index (χ4v) is 6.72. The molecule has 1 saturated heterocycles. The molecule has 0 atom stereocenters. The van der Waals surface area contributed by atoms with Crippen LogP contribution in [-0.2, 0) is 17.3 Å². The normalized spacial score (nSPS) is 16.7. The van der Waals surface area contributed by atoms with Crippen molar-refractivity contribution in [2.75, 3.05) is 69.8 Å². The minimum absolute atomic E-state index is 0.00253. The van der Waals surface area contributed by atoms with Gasteiger partial charge >= 0.3 is 6.18 Å². The maximum atomic E-state index is 14.5. The van der Waals surface area contributed by atoms with Gasteiger partial charge in [0, 0.05) is 70.8 Å².